The van der Waals surface area contributed by atoms with Crippen LogP contribution in [0.1, 0.15) is 10.8 Å². The smallest absolute Gasteiger partial charge is 0.323 e. The van der Waals surface area contributed by atoms with Crippen LogP contribution in [-0.4, -0.2) is 28.3 Å². The number of aromatic amines is 1. The van der Waals surface area contributed by atoms with Crippen molar-refractivity contribution in [1.29, 1.82) is 0 Å². The predicted octanol–water partition coefficient (Wildman–Crippen LogP) is 3.12. The summed E-state index contributed by atoms with van der Waals surface area (Å²) in [5.74, 6) is -0.403. The summed E-state index contributed by atoms with van der Waals surface area (Å²) in [4.78, 5) is 15.8. The highest BCUT2D eigenvalue weighted by Crippen LogP contribution is 2.36. The largest absolute Gasteiger partial charge is 0.468 e. The first-order valence-corrected chi connectivity index (χ1v) is 6.80. The maximum atomic E-state index is 11.9. The molecule has 100 valence electrons. The number of benzene rings is 1. The number of hydrogen-bond acceptors (Lipinski definition) is 5. The number of nitrogens with one attached hydrogen (secondary N) is 1. The number of hydrogen-bond donors (Lipinski definition) is 1. The predicted molar refractivity (Wildman–Crippen MR) is 73.5 cm³/mol. The molecule has 0 radical (unpaired) electrons. The number of rotatable bonds is 4. The zero-order valence-corrected chi connectivity index (χ0v) is 12.1. The van der Waals surface area contributed by atoms with Gasteiger partial charge in [0.2, 0.25) is 0 Å². The third-order valence-electron chi connectivity index (χ3n) is 2.28. The molecule has 0 saturated carbocycles. The van der Waals surface area contributed by atoms with Crippen molar-refractivity contribution in [2.24, 2.45) is 0 Å². The molecule has 0 fully saturated rings. The Hall–Kier alpha value is -1.24. The topological polar surface area (TPSA) is 67.9 Å². The zero-order chi connectivity index (χ0) is 13.8. The van der Waals surface area contributed by atoms with Crippen LogP contribution < -0.4 is 0 Å². The fourth-order valence-corrected chi connectivity index (χ4v) is 2.62. The SMILES string of the molecule is COC(=O)C(Sc1ncn[nH]1)c1ccc(Cl)c(Cl)c1. The molecule has 0 aliphatic heterocycles. The van der Waals surface area contributed by atoms with Crippen LogP contribution in [-0.2, 0) is 9.53 Å². The quantitative estimate of drug-likeness (QED) is 0.693. The fraction of sp³-hybridized carbons (Fsp3) is 0.182. The number of aromatic nitrogens is 3. The van der Waals surface area contributed by atoms with Gasteiger partial charge < -0.3 is 4.74 Å². The molecule has 2 rings (SSSR count). The van der Waals surface area contributed by atoms with E-state index in [0.29, 0.717) is 20.8 Å². The van der Waals surface area contributed by atoms with Gasteiger partial charge in [-0.2, -0.15) is 5.10 Å². The van der Waals surface area contributed by atoms with Crippen LogP contribution in [0.3, 0.4) is 0 Å². The summed E-state index contributed by atoms with van der Waals surface area (Å²) in [6, 6.07) is 4.99. The molecule has 19 heavy (non-hydrogen) atoms. The van der Waals surface area contributed by atoms with E-state index in [-0.39, 0.29) is 0 Å². The Bertz CT molecular complexity index is 577. The lowest BCUT2D eigenvalue weighted by molar-refractivity contribution is -0.140. The monoisotopic (exact) mass is 317 g/mol. The molecule has 1 unspecified atom stereocenters. The zero-order valence-electron chi connectivity index (χ0n) is 9.76. The Labute approximate surface area is 123 Å². The van der Waals surface area contributed by atoms with E-state index in [1.807, 2.05) is 0 Å². The van der Waals surface area contributed by atoms with Gasteiger partial charge in [0.25, 0.3) is 0 Å². The van der Waals surface area contributed by atoms with Crippen LogP contribution in [0.15, 0.2) is 29.7 Å². The first-order chi connectivity index (χ1) is 9.11. The second-order valence-electron chi connectivity index (χ2n) is 3.49. The average Bonchev–Trinajstić information content (AvgIpc) is 2.91. The standard InChI is InChI=1S/C11H9Cl2N3O2S/c1-18-10(17)9(19-11-14-5-15-16-11)6-2-3-7(12)8(13)4-6/h2-5,9H,1H3,(H,14,15,16). The first-order valence-electron chi connectivity index (χ1n) is 5.16. The molecule has 0 amide bonds. The van der Waals surface area contributed by atoms with Crippen LogP contribution in [0.2, 0.25) is 10.0 Å². The van der Waals surface area contributed by atoms with Crippen molar-refractivity contribution >= 4 is 40.9 Å². The van der Waals surface area contributed by atoms with E-state index in [2.05, 4.69) is 15.2 Å². The second-order valence-corrected chi connectivity index (χ2v) is 5.39. The molecule has 8 heteroatoms. The molecule has 1 atom stereocenters. The van der Waals surface area contributed by atoms with Gasteiger partial charge in [0.1, 0.15) is 11.6 Å². The number of esters is 1. The van der Waals surface area contributed by atoms with Gasteiger partial charge in [-0.15, -0.1) is 0 Å². The Balaban J connectivity index is 2.31. The van der Waals surface area contributed by atoms with E-state index in [9.17, 15) is 4.79 Å². The van der Waals surface area contributed by atoms with Crippen LogP contribution in [0.5, 0.6) is 0 Å². The molecule has 0 aliphatic carbocycles. The van der Waals surface area contributed by atoms with Crippen molar-refractivity contribution in [3.63, 3.8) is 0 Å². The molecule has 0 saturated heterocycles. The Morgan fingerprint density at radius 3 is 2.79 bits per heavy atom. The summed E-state index contributed by atoms with van der Waals surface area (Å²) in [5.41, 5.74) is 0.683. The lowest BCUT2D eigenvalue weighted by Gasteiger charge is -2.13. The second kappa shape index (κ2) is 6.27. The minimum absolute atomic E-state index is 0.381. The summed E-state index contributed by atoms with van der Waals surface area (Å²) >= 11 is 13.0. The van der Waals surface area contributed by atoms with Crippen LogP contribution >= 0.6 is 35.0 Å². The summed E-state index contributed by atoms with van der Waals surface area (Å²) in [5, 5.41) is 7.14. The maximum Gasteiger partial charge on any atom is 0.323 e. The van der Waals surface area contributed by atoms with Crippen molar-refractivity contribution in [3.05, 3.63) is 40.1 Å². The normalized spacial score (nSPS) is 12.2. The Kier molecular flexibility index (Phi) is 4.68. The highest BCUT2D eigenvalue weighted by molar-refractivity contribution is 8.00. The Morgan fingerprint density at radius 2 is 2.21 bits per heavy atom. The van der Waals surface area contributed by atoms with Gasteiger partial charge in [0.05, 0.1) is 17.2 Å². The van der Waals surface area contributed by atoms with E-state index in [1.165, 1.54) is 25.2 Å². The lowest BCUT2D eigenvalue weighted by atomic mass is 10.1. The number of ether oxygens (including phenoxy) is 1. The third-order valence-corrected chi connectivity index (χ3v) is 4.14. The van der Waals surface area contributed by atoms with Gasteiger partial charge in [0, 0.05) is 0 Å². The fourth-order valence-electron chi connectivity index (χ4n) is 1.40. The molecule has 5 nitrogen and oxygen atoms in total. The van der Waals surface area contributed by atoms with Crippen LogP contribution in [0.25, 0.3) is 0 Å². The molecule has 0 aliphatic rings. The van der Waals surface area contributed by atoms with Gasteiger partial charge in [-0.25, -0.2) is 4.98 Å². The van der Waals surface area contributed by atoms with Crippen LogP contribution in [0.4, 0.5) is 0 Å². The maximum absolute atomic E-state index is 11.9. The molecule has 0 spiro atoms. The van der Waals surface area contributed by atoms with Gasteiger partial charge in [-0.3, -0.25) is 9.89 Å². The van der Waals surface area contributed by atoms with E-state index in [1.54, 1.807) is 18.2 Å². The highest BCUT2D eigenvalue weighted by atomic mass is 35.5. The van der Waals surface area contributed by atoms with Crippen LogP contribution in [0, 0.1) is 0 Å². The summed E-state index contributed by atoms with van der Waals surface area (Å²) in [7, 11) is 1.33. The molecule has 1 heterocycles. The molecular weight excluding hydrogens is 309 g/mol. The molecule has 2 aromatic rings. The number of carbonyl (C=O) groups excluding carboxylic acids is 1. The minimum atomic E-state index is -0.590. The van der Waals surface area contributed by atoms with E-state index < -0.39 is 11.2 Å². The van der Waals surface area contributed by atoms with Gasteiger partial charge >= 0.3 is 5.97 Å². The number of carbonyl (C=O) groups is 1. The van der Waals surface area contributed by atoms with Gasteiger partial charge in [-0.05, 0) is 17.7 Å². The van der Waals surface area contributed by atoms with Crippen molar-refractivity contribution in [2.75, 3.05) is 7.11 Å². The number of halogens is 2. The number of H-pyrrole nitrogens is 1. The molecule has 0 bridgehead atoms. The van der Waals surface area contributed by atoms with E-state index in [4.69, 9.17) is 27.9 Å². The first kappa shape index (κ1) is 14.2. The summed E-state index contributed by atoms with van der Waals surface area (Å²) in [6.07, 6.45) is 1.37. The third kappa shape index (κ3) is 3.40. The molecule has 1 aromatic heterocycles. The summed E-state index contributed by atoms with van der Waals surface area (Å²) in [6.45, 7) is 0. The number of thioether (sulfide) groups is 1. The van der Waals surface area contributed by atoms with Gasteiger partial charge in [0.15, 0.2) is 5.16 Å². The van der Waals surface area contributed by atoms with E-state index >= 15 is 0 Å². The van der Waals surface area contributed by atoms with Crippen molar-refractivity contribution < 1.29 is 9.53 Å². The number of nitrogens with zero attached hydrogens (tertiary/aromatic N) is 2. The minimum Gasteiger partial charge on any atom is -0.468 e. The molecule has 1 aromatic carbocycles. The summed E-state index contributed by atoms with van der Waals surface area (Å²) < 4.78 is 4.79. The van der Waals surface area contributed by atoms with Crippen molar-refractivity contribution in [3.8, 4) is 0 Å². The Morgan fingerprint density at radius 1 is 1.42 bits per heavy atom. The number of methoxy groups -OCH3 is 1. The highest BCUT2D eigenvalue weighted by Gasteiger charge is 2.24. The van der Waals surface area contributed by atoms with Crippen molar-refractivity contribution in [2.45, 2.75) is 10.4 Å². The van der Waals surface area contributed by atoms with Crippen molar-refractivity contribution in [1.82, 2.24) is 15.2 Å². The average molecular weight is 318 g/mol. The van der Waals surface area contributed by atoms with E-state index in [0.717, 1.165) is 0 Å². The van der Waals surface area contributed by atoms with Gasteiger partial charge in [-0.1, -0.05) is 41.0 Å². The molecule has 1 N–H and O–H groups in total. The lowest BCUT2D eigenvalue weighted by Crippen LogP contribution is -2.11. The molecular formula is C11H9Cl2N3O2S.